The Hall–Kier alpha value is -1.40. The molecule has 1 amide bonds. The molecule has 0 bridgehead atoms. The second kappa shape index (κ2) is 6.79. The molecule has 1 fully saturated rings. The zero-order chi connectivity index (χ0) is 16.2. The molecule has 1 aliphatic carbocycles. The molecule has 122 valence electrons. The van der Waals surface area contributed by atoms with Gasteiger partial charge in [0.25, 0.3) is 0 Å². The van der Waals surface area contributed by atoms with Gasteiger partial charge in [-0.3, -0.25) is 4.79 Å². The summed E-state index contributed by atoms with van der Waals surface area (Å²) in [6.07, 6.45) is 3.22. The molecule has 2 rings (SSSR count). The largest absolute Gasteiger partial charge is 0.388 e. The van der Waals surface area contributed by atoms with Crippen LogP contribution in [0.15, 0.2) is 29.2 Å². The van der Waals surface area contributed by atoms with Gasteiger partial charge in [-0.05, 0) is 31.9 Å². The molecular formula is C16H23NO4S. The first-order valence-electron chi connectivity index (χ1n) is 7.59. The maximum atomic E-state index is 12.1. The summed E-state index contributed by atoms with van der Waals surface area (Å²) in [5, 5.41) is 12.8. The van der Waals surface area contributed by atoms with Crippen LogP contribution in [0.25, 0.3) is 0 Å². The summed E-state index contributed by atoms with van der Waals surface area (Å²) in [6, 6.07) is 6.60. The van der Waals surface area contributed by atoms with Crippen molar-refractivity contribution in [1.82, 2.24) is 5.32 Å². The van der Waals surface area contributed by atoms with E-state index in [0.29, 0.717) is 12.8 Å². The Bertz CT molecular complexity index is 616. The predicted octanol–water partition coefficient (Wildman–Crippen LogP) is 1.58. The minimum atomic E-state index is -3.45. The summed E-state index contributed by atoms with van der Waals surface area (Å²) in [7, 11) is -3.45. The third kappa shape index (κ3) is 4.55. The topological polar surface area (TPSA) is 83.5 Å². The molecule has 22 heavy (non-hydrogen) atoms. The van der Waals surface area contributed by atoms with Gasteiger partial charge in [-0.15, -0.1) is 0 Å². The molecule has 1 aliphatic rings. The Morgan fingerprint density at radius 3 is 2.41 bits per heavy atom. The summed E-state index contributed by atoms with van der Waals surface area (Å²) in [4.78, 5) is 12.0. The van der Waals surface area contributed by atoms with Gasteiger partial charge in [0.2, 0.25) is 5.91 Å². The summed E-state index contributed by atoms with van der Waals surface area (Å²) in [5.41, 5.74) is 0.174. The number of aliphatic hydroxyl groups is 1. The number of hydrogen-bond acceptors (Lipinski definition) is 4. The van der Waals surface area contributed by atoms with E-state index in [-0.39, 0.29) is 29.5 Å². The normalized spacial score (nSPS) is 17.4. The van der Waals surface area contributed by atoms with Crippen molar-refractivity contribution in [1.29, 1.82) is 0 Å². The second-order valence-electron chi connectivity index (χ2n) is 6.09. The van der Waals surface area contributed by atoms with Crippen molar-refractivity contribution >= 4 is 15.7 Å². The van der Waals surface area contributed by atoms with Crippen molar-refractivity contribution in [2.45, 2.75) is 49.5 Å². The van der Waals surface area contributed by atoms with Crippen molar-refractivity contribution < 1.29 is 18.3 Å². The minimum Gasteiger partial charge on any atom is -0.388 e. The van der Waals surface area contributed by atoms with E-state index in [1.165, 1.54) is 0 Å². The van der Waals surface area contributed by atoms with Crippen LogP contribution in [0.4, 0.5) is 0 Å². The fourth-order valence-electron chi connectivity index (χ4n) is 2.65. The molecule has 0 saturated heterocycles. The zero-order valence-electron chi connectivity index (χ0n) is 12.8. The van der Waals surface area contributed by atoms with Crippen LogP contribution < -0.4 is 5.32 Å². The van der Waals surface area contributed by atoms with Crippen LogP contribution in [0.5, 0.6) is 0 Å². The fourth-order valence-corrected chi connectivity index (χ4v) is 3.89. The highest BCUT2D eigenvalue weighted by Crippen LogP contribution is 2.28. The molecule has 0 heterocycles. The average molecular weight is 325 g/mol. The summed E-state index contributed by atoms with van der Waals surface area (Å²) in [5.74, 6) is -0.559. The van der Waals surface area contributed by atoms with Crippen LogP contribution in [-0.4, -0.2) is 37.3 Å². The smallest absolute Gasteiger partial charge is 0.221 e. The number of aryl methyl sites for hydroxylation is 1. The van der Waals surface area contributed by atoms with Gasteiger partial charge in [0.15, 0.2) is 9.84 Å². The highest BCUT2D eigenvalue weighted by atomic mass is 32.2. The molecule has 6 heteroatoms. The molecule has 0 aromatic heterocycles. The quantitative estimate of drug-likeness (QED) is 0.832. The molecular weight excluding hydrogens is 302 g/mol. The third-order valence-electron chi connectivity index (χ3n) is 4.13. The van der Waals surface area contributed by atoms with E-state index in [9.17, 15) is 18.3 Å². The van der Waals surface area contributed by atoms with Crippen LogP contribution in [0, 0.1) is 6.92 Å². The van der Waals surface area contributed by atoms with Crippen molar-refractivity contribution in [2.24, 2.45) is 0 Å². The standard InChI is InChI=1S/C16H23NO4S/c1-13-4-6-14(7-5-13)22(20,21)11-8-15(18)17-12-16(19)9-2-3-10-16/h4-7,19H,2-3,8-12H2,1H3,(H,17,18). The average Bonchev–Trinajstić information content (AvgIpc) is 2.91. The number of hydrogen-bond donors (Lipinski definition) is 2. The van der Waals surface area contributed by atoms with E-state index in [4.69, 9.17) is 0 Å². The van der Waals surface area contributed by atoms with Gasteiger partial charge in [0, 0.05) is 13.0 Å². The van der Waals surface area contributed by atoms with Crippen LogP contribution in [0.1, 0.15) is 37.7 Å². The first-order valence-corrected chi connectivity index (χ1v) is 9.25. The van der Waals surface area contributed by atoms with Gasteiger partial charge in [-0.1, -0.05) is 30.5 Å². The van der Waals surface area contributed by atoms with E-state index < -0.39 is 15.4 Å². The maximum Gasteiger partial charge on any atom is 0.221 e. The first kappa shape index (κ1) is 17.0. The molecule has 0 spiro atoms. The van der Waals surface area contributed by atoms with Gasteiger partial charge in [0.05, 0.1) is 16.2 Å². The Morgan fingerprint density at radius 2 is 1.82 bits per heavy atom. The van der Waals surface area contributed by atoms with Gasteiger partial charge in [0.1, 0.15) is 0 Å². The van der Waals surface area contributed by atoms with E-state index >= 15 is 0 Å². The molecule has 0 aliphatic heterocycles. The number of carbonyl (C=O) groups is 1. The van der Waals surface area contributed by atoms with Crippen molar-refractivity contribution in [3.63, 3.8) is 0 Å². The van der Waals surface area contributed by atoms with Crippen molar-refractivity contribution in [2.75, 3.05) is 12.3 Å². The van der Waals surface area contributed by atoms with Crippen LogP contribution in [0.3, 0.4) is 0 Å². The van der Waals surface area contributed by atoms with Gasteiger partial charge in [-0.2, -0.15) is 0 Å². The van der Waals surface area contributed by atoms with E-state index in [1.54, 1.807) is 24.3 Å². The molecule has 5 nitrogen and oxygen atoms in total. The molecule has 0 unspecified atom stereocenters. The van der Waals surface area contributed by atoms with Crippen molar-refractivity contribution in [3.8, 4) is 0 Å². The van der Waals surface area contributed by atoms with Gasteiger partial charge in [-0.25, -0.2) is 8.42 Å². The Balaban J connectivity index is 1.83. The Kier molecular flexibility index (Phi) is 5.24. The van der Waals surface area contributed by atoms with Crippen LogP contribution in [0.2, 0.25) is 0 Å². The second-order valence-corrected chi connectivity index (χ2v) is 8.20. The van der Waals surface area contributed by atoms with E-state index in [1.807, 2.05) is 6.92 Å². The third-order valence-corrected chi connectivity index (χ3v) is 5.86. The number of amides is 1. The lowest BCUT2D eigenvalue weighted by molar-refractivity contribution is -0.121. The summed E-state index contributed by atoms with van der Waals surface area (Å²) < 4.78 is 24.3. The minimum absolute atomic E-state index is 0.0910. The first-order chi connectivity index (χ1) is 10.3. The number of rotatable bonds is 6. The molecule has 2 N–H and O–H groups in total. The maximum absolute atomic E-state index is 12.1. The lowest BCUT2D eigenvalue weighted by Crippen LogP contribution is -2.41. The monoisotopic (exact) mass is 325 g/mol. The molecule has 1 saturated carbocycles. The number of nitrogens with one attached hydrogen (secondary N) is 1. The van der Waals surface area contributed by atoms with Crippen molar-refractivity contribution in [3.05, 3.63) is 29.8 Å². The Morgan fingerprint density at radius 1 is 1.23 bits per heavy atom. The Labute approximate surface area is 131 Å². The number of sulfone groups is 1. The zero-order valence-corrected chi connectivity index (χ0v) is 13.7. The van der Waals surface area contributed by atoms with Crippen LogP contribution >= 0.6 is 0 Å². The molecule has 0 atom stereocenters. The molecule has 0 radical (unpaired) electrons. The van der Waals surface area contributed by atoms with E-state index in [0.717, 1.165) is 18.4 Å². The van der Waals surface area contributed by atoms with E-state index in [2.05, 4.69) is 5.32 Å². The van der Waals surface area contributed by atoms with Gasteiger partial charge >= 0.3 is 0 Å². The van der Waals surface area contributed by atoms with Crippen LogP contribution in [-0.2, 0) is 14.6 Å². The predicted molar refractivity (Wildman–Crippen MR) is 84.3 cm³/mol. The fraction of sp³-hybridized carbons (Fsp3) is 0.562. The number of carbonyl (C=O) groups excluding carboxylic acids is 1. The van der Waals surface area contributed by atoms with Gasteiger partial charge < -0.3 is 10.4 Å². The summed E-state index contributed by atoms with van der Waals surface area (Å²) >= 11 is 0. The molecule has 1 aromatic carbocycles. The summed E-state index contributed by atoms with van der Waals surface area (Å²) in [6.45, 7) is 2.09. The SMILES string of the molecule is Cc1ccc(S(=O)(=O)CCC(=O)NCC2(O)CCCC2)cc1. The lowest BCUT2D eigenvalue weighted by atomic mass is 10.0. The highest BCUT2D eigenvalue weighted by Gasteiger charge is 2.31. The number of benzene rings is 1. The lowest BCUT2D eigenvalue weighted by Gasteiger charge is -2.22. The molecule has 1 aromatic rings. The highest BCUT2D eigenvalue weighted by molar-refractivity contribution is 7.91.